The summed E-state index contributed by atoms with van der Waals surface area (Å²) >= 11 is 0. The monoisotopic (exact) mass is 330 g/mol. The molecule has 0 spiro atoms. The lowest BCUT2D eigenvalue weighted by molar-refractivity contribution is -0.136. The Labute approximate surface area is 141 Å². The van der Waals surface area contributed by atoms with E-state index in [1.165, 1.54) is 0 Å². The molecule has 1 unspecified atom stereocenters. The highest BCUT2D eigenvalue weighted by atomic mass is 16.5. The van der Waals surface area contributed by atoms with Crippen molar-refractivity contribution in [1.82, 2.24) is 0 Å². The summed E-state index contributed by atoms with van der Waals surface area (Å²) in [5, 5.41) is 18.9. The molecular formula is C19H22O5. The average molecular weight is 330 g/mol. The van der Waals surface area contributed by atoms with Gasteiger partial charge in [-0.05, 0) is 43.9 Å². The van der Waals surface area contributed by atoms with Crippen molar-refractivity contribution < 1.29 is 24.5 Å². The van der Waals surface area contributed by atoms with Gasteiger partial charge < -0.3 is 14.9 Å². The molecule has 24 heavy (non-hydrogen) atoms. The van der Waals surface area contributed by atoms with Crippen molar-refractivity contribution >= 4 is 11.9 Å². The van der Waals surface area contributed by atoms with Crippen LogP contribution in [-0.2, 0) is 16.0 Å². The Bertz CT molecular complexity index is 715. The number of carboxylic acids is 1. The number of cyclic esters (lactones) is 1. The minimum absolute atomic E-state index is 0.0634. The number of carbonyl (C=O) groups is 2. The third-order valence-corrected chi connectivity index (χ3v) is 4.28. The highest BCUT2D eigenvalue weighted by Gasteiger charge is 2.35. The van der Waals surface area contributed by atoms with Crippen LogP contribution in [0.5, 0.6) is 5.75 Å². The van der Waals surface area contributed by atoms with Crippen LogP contribution in [0, 0.1) is 6.92 Å². The number of fused-ring (bicyclic) bond motifs is 1. The lowest BCUT2D eigenvalue weighted by Gasteiger charge is -2.14. The van der Waals surface area contributed by atoms with E-state index in [2.05, 4.69) is 6.58 Å². The molecule has 5 nitrogen and oxygen atoms in total. The van der Waals surface area contributed by atoms with E-state index in [9.17, 15) is 14.7 Å². The van der Waals surface area contributed by atoms with Crippen LogP contribution in [0.4, 0.5) is 0 Å². The van der Waals surface area contributed by atoms with Gasteiger partial charge in [0.15, 0.2) is 0 Å². The number of allylic oxidation sites excluding steroid dienone is 2. The molecule has 2 rings (SSSR count). The number of hydrogen-bond acceptors (Lipinski definition) is 4. The topological polar surface area (TPSA) is 83.8 Å². The molecule has 0 aromatic heterocycles. The minimum Gasteiger partial charge on any atom is -0.507 e. The predicted molar refractivity (Wildman–Crippen MR) is 90.1 cm³/mol. The van der Waals surface area contributed by atoms with Gasteiger partial charge in [-0.15, -0.1) is 6.58 Å². The van der Waals surface area contributed by atoms with Gasteiger partial charge in [0.2, 0.25) is 0 Å². The van der Waals surface area contributed by atoms with Gasteiger partial charge in [-0.3, -0.25) is 4.79 Å². The van der Waals surface area contributed by atoms with Gasteiger partial charge in [-0.25, -0.2) is 4.79 Å². The van der Waals surface area contributed by atoms with Crippen LogP contribution in [-0.4, -0.2) is 22.2 Å². The van der Waals surface area contributed by atoms with Crippen molar-refractivity contribution in [2.75, 3.05) is 0 Å². The number of esters is 1. The molecule has 0 radical (unpaired) electrons. The van der Waals surface area contributed by atoms with Gasteiger partial charge in [0, 0.05) is 18.4 Å². The van der Waals surface area contributed by atoms with Crippen LogP contribution in [0.25, 0.3) is 0 Å². The van der Waals surface area contributed by atoms with E-state index in [0.717, 1.165) is 22.3 Å². The van der Waals surface area contributed by atoms with Crippen LogP contribution in [0.2, 0.25) is 0 Å². The smallest absolute Gasteiger partial charge is 0.342 e. The van der Waals surface area contributed by atoms with E-state index < -0.39 is 18.0 Å². The summed E-state index contributed by atoms with van der Waals surface area (Å²) in [6.45, 7) is 7.48. The zero-order valence-corrected chi connectivity index (χ0v) is 14.0. The number of phenols is 1. The van der Waals surface area contributed by atoms with Gasteiger partial charge in [0.1, 0.15) is 17.4 Å². The fourth-order valence-electron chi connectivity index (χ4n) is 2.96. The molecule has 0 saturated heterocycles. The van der Waals surface area contributed by atoms with Crippen LogP contribution < -0.4 is 0 Å². The molecule has 0 amide bonds. The largest absolute Gasteiger partial charge is 0.507 e. The van der Waals surface area contributed by atoms with Crippen molar-refractivity contribution in [3.05, 3.63) is 52.6 Å². The van der Waals surface area contributed by atoms with E-state index >= 15 is 0 Å². The Hall–Kier alpha value is -2.56. The first-order chi connectivity index (χ1) is 11.3. The summed E-state index contributed by atoms with van der Waals surface area (Å²) in [6.07, 6.45) is 4.78. The molecule has 1 aliphatic heterocycles. The summed E-state index contributed by atoms with van der Waals surface area (Å²) in [5.41, 5.74) is 3.73. The molecule has 2 N–H and O–H groups in total. The highest BCUT2D eigenvalue weighted by molar-refractivity contribution is 5.97. The van der Waals surface area contributed by atoms with Gasteiger partial charge in [-0.2, -0.15) is 0 Å². The summed E-state index contributed by atoms with van der Waals surface area (Å²) in [7, 11) is 0. The Morgan fingerprint density at radius 3 is 2.75 bits per heavy atom. The minimum atomic E-state index is -0.838. The van der Waals surface area contributed by atoms with Gasteiger partial charge in [0.05, 0.1) is 0 Å². The second kappa shape index (κ2) is 7.34. The molecule has 1 heterocycles. The Kier molecular flexibility index (Phi) is 5.44. The quantitative estimate of drug-likeness (QED) is 0.586. The van der Waals surface area contributed by atoms with E-state index in [0.29, 0.717) is 19.3 Å². The average Bonchev–Trinajstić information content (AvgIpc) is 2.85. The highest BCUT2D eigenvalue weighted by Crippen LogP contribution is 2.42. The molecule has 1 atom stereocenters. The van der Waals surface area contributed by atoms with Crippen molar-refractivity contribution in [3.8, 4) is 5.75 Å². The van der Waals surface area contributed by atoms with E-state index in [4.69, 9.17) is 9.84 Å². The summed E-state index contributed by atoms with van der Waals surface area (Å²) in [6, 6.07) is 1.59. The van der Waals surface area contributed by atoms with Gasteiger partial charge in [0.25, 0.3) is 0 Å². The lowest BCUT2D eigenvalue weighted by Crippen LogP contribution is -2.01. The van der Waals surface area contributed by atoms with Gasteiger partial charge in [-0.1, -0.05) is 17.7 Å². The molecule has 1 aromatic carbocycles. The number of carboxylic acid groups (broad SMARTS) is 1. The van der Waals surface area contributed by atoms with E-state index in [1.54, 1.807) is 12.1 Å². The number of hydrogen-bond donors (Lipinski definition) is 2. The third kappa shape index (κ3) is 3.67. The van der Waals surface area contributed by atoms with Crippen LogP contribution >= 0.6 is 0 Å². The zero-order chi connectivity index (χ0) is 17.9. The standard InChI is InChI=1S/C19H22O5/c1-4-5-13-10-14(20)18-17(12(13)3)15(24-19(18)23)8-6-11(2)7-9-16(21)22/h4,6,10,15,20H,1,5,7-9H2,2-3H3,(H,21,22)/b11-6+. The Morgan fingerprint density at radius 2 is 2.12 bits per heavy atom. The Balaban J connectivity index is 2.28. The predicted octanol–water partition coefficient (Wildman–Crippen LogP) is 3.84. The number of ether oxygens (including phenoxy) is 1. The summed E-state index contributed by atoms with van der Waals surface area (Å²) in [5.74, 6) is -1.42. The van der Waals surface area contributed by atoms with E-state index in [-0.39, 0.29) is 17.7 Å². The maximum atomic E-state index is 12.1. The third-order valence-electron chi connectivity index (χ3n) is 4.28. The number of phenolic OH excluding ortho intramolecular Hbond substituents is 1. The maximum Gasteiger partial charge on any atom is 0.342 e. The molecular weight excluding hydrogens is 308 g/mol. The normalized spacial score (nSPS) is 16.7. The first-order valence-electron chi connectivity index (χ1n) is 7.89. The lowest BCUT2D eigenvalue weighted by atomic mass is 9.91. The van der Waals surface area contributed by atoms with Crippen molar-refractivity contribution in [1.29, 1.82) is 0 Å². The molecule has 128 valence electrons. The van der Waals surface area contributed by atoms with Crippen molar-refractivity contribution in [2.45, 2.75) is 45.6 Å². The first-order valence-corrected chi connectivity index (χ1v) is 7.89. The van der Waals surface area contributed by atoms with Crippen LogP contribution in [0.1, 0.15) is 59.3 Å². The van der Waals surface area contributed by atoms with Gasteiger partial charge >= 0.3 is 11.9 Å². The van der Waals surface area contributed by atoms with Crippen molar-refractivity contribution in [3.63, 3.8) is 0 Å². The first kappa shape index (κ1) is 17.8. The summed E-state index contributed by atoms with van der Waals surface area (Å²) in [4.78, 5) is 22.7. The molecule has 0 saturated carbocycles. The molecule has 0 fully saturated rings. The molecule has 0 aliphatic carbocycles. The second-order valence-corrected chi connectivity index (χ2v) is 6.04. The van der Waals surface area contributed by atoms with Crippen LogP contribution in [0.3, 0.4) is 0 Å². The number of aromatic hydroxyl groups is 1. The maximum absolute atomic E-state index is 12.1. The fraction of sp³-hybridized carbons (Fsp3) is 0.368. The molecule has 0 bridgehead atoms. The second-order valence-electron chi connectivity index (χ2n) is 6.04. The SMILES string of the molecule is C=CCc1cc(O)c2c(c1C)C(C/C=C(\C)CCC(=O)O)OC2=O. The summed E-state index contributed by atoms with van der Waals surface area (Å²) < 4.78 is 5.42. The van der Waals surface area contributed by atoms with E-state index in [1.807, 2.05) is 19.9 Å². The molecule has 1 aromatic rings. The zero-order valence-electron chi connectivity index (χ0n) is 14.0. The number of rotatable bonds is 7. The Morgan fingerprint density at radius 1 is 1.42 bits per heavy atom. The molecule has 5 heteroatoms. The number of benzene rings is 1. The fourth-order valence-corrected chi connectivity index (χ4v) is 2.96. The van der Waals surface area contributed by atoms with Crippen LogP contribution in [0.15, 0.2) is 30.4 Å². The molecule has 1 aliphatic rings. The number of aliphatic carboxylic acids is 1. The van der Waals surface area contributed by atoms with Crippen molar-refractivity contribution in [2.24, 2.45) is 0 Å². The number of carbonyl (C=O) groups excluding carboxylic acids is 1.